The highest BCUT2D eigenvalue weighted by Gasteiger charge is 1.94. The summed E-state index contributed by atoms with van der Waals surface area (Å²) in [5, 5.41) is 0. The van der Waals surface area contributed by atoms with E-state index in [9.17, 15) is 0 Å². The highest BCUT2D eigenvalue weighted by molar-refractivity contribution is 7.99. The molecule has 0 atom stereocenters. The van der Waals surface area contributed by atoms with Crippen LogP contribution in [0.15, 0.2) is 58.5 Å². The van der Waals surface area contributed by atoms with Crippen molar-refractivity contribution in [1.82, 2.24) is 4.98 Å². The van der Waals surface area contributed by atoms with E-state index in [0.717, 1.165) is 4.90 Å². The molecule has 2 rings (SSSR count). The third-order valence-corrected chi connectivity index (χ3v) is 2.51. The van der Waals surface area contributed by atoms with E-state index < -0.39 is 0 Å². The highest BCUT2D eigenvalue weighted by Crippen LogP contribution is 2.25. The van der Waals surface area contributed by atoms with Crippen LogP contribution in [0.5, 0.6) is 0 Å². The number of benzene rings is 1. The van der Waals surface area contributed by atoms with Crippen LogP contribution in [0.3, 0.4) is 0 Å². The maximum absolute atomic E-state index is 3.94. The van der Waals surface area contributed by atoms with Crippen molar-refractivity contribution >= 4 is 11.8 Å². The smallest absolute Gasteiger partial charge is 0.104 e. The third-order valence-electron chi connectivity index (χ3n) is 1.55. The van der Waals surface area contributed by atoms with Crippen LogP contribution in [0.2, 0.25) is 0 Å². The molecule has 0 amide bonds. The lowest BCUT2D eigenvalue weighted by molar-refractivity contribution is 1.22. The molecule has 0 bridgehead atoms. The van der Waals surface area contributed by atoms with E-state index in [1.54, 1.807) is 18.0 Å². The van der Waals surface area contributed by atoms with Crippen LogP contribution >= 0.6 is 11.8 Å². The number of rotatable bonds is 2. The van der Waals surface area contributed by atoms with E-state index in [4.69, 9.17) is 0 Å². The Morgan fingerprint density at radius 1 is 1.00 bits per heavy atom. The zero-order valence-electron chi connectivity index (χ0n) is 6.97. The Kier molecular flexibility index (Phi) is 2.62. The summed E-state index contributed by atoms with van der Waals surface area (Å²) in [5.41, 5.74) is 0. The maximum atomic E-state index is 3.94. The quantitative estimate of drug-likeness (QED) is 0.715. The van der Waals surface area contributed by atoms with Crippen LogP contribution in [0.25, 0.3) is 0 Å². The standard InChI is InChI=1S/C11H8NS/c1-2-5-10(6-3-1)13-11-7-4-8-12-9-11/h1-8H. The van der Waals surface area contributed by atoms with Crippen molar-refractivity contribution in [2.24, 2.45) is 0 Å². The van der Waals surface area contributed by atoms with Gasteiger partial charge >= 0.3 is 0 Å². The summed E-state index contributed by atoms with van der Waals surface area (Å²) >= 11 is 1.67. The van der Waals surface area contributed by atoms with Crippen molar-refractivity contribution < 1.29 is 0 Å². The molecular formula is C11H8NS. The Labute approximate surface area is 81.8 Å². The summed E-state index contributed by atoms with van der Waals surface area (Å²) < 4.78 is 0. The Hall–Kier alpha value is -1.28. The predicted octanol–water partition coefficient (Wildman–Crippen LogP) is 3.03. The van der Waals surface area contributed by atoms with Crippen molar-refractivity contribution in [2.45, 2.75) is 9.79 Å². The molecule has 1 heterocycles. The van der Waals surface area contributed by atoms with Gasteiger partial charge in [-0.05, 0) is 24.3 Å². The minimum Gasteiger partial charge on any atom is -0.253 e. The molecule has 0 aliphatic carbocycles. The average molecular weight is 186 g/mol. The zero-order chi connectivity index (χ0) is 8.93. The van der Waals surface area contributed by atoms with Gasteiger partial charge in [-0.2, -0.15) is 0 Å². The number of pyridine rings is 1. The number of hydrogen-bond acceptors (Lipinski definition) is 2. The molecule has 0 spiro atoms. The van der Waals surface area contributed by atoms with E-state index in [1.807, 2.05) is 30.3 Å². The van der Waals surface area contributed by atoms with E-state index in [1.165, 1.54) is 4.90 Å². The third kappa shape index (κ3) is 2.33. The second-order valence-corrected chi connectivity index (χ2v) is 3.64. The molecular weight excluding hydrogens is 178 g/mol. The van der Waals surface area contributed by atoms with Crippen molar-refractivity contribution in [1.29, 1.82) is 0 Å². The van der Waals surface area contributed by atoms with Gasteiger partial charge in [0.05, 0.1) is 0 Å². The summed E-state index contributed by atoms with van der Waals surface area (Å²) in [6, 6.07) is 14.1. The Morgan fingerprint density at radius 2 is 1.85 bits per heavy atom. The first kappa shape index (κ1) is 8.32. The van der Waals surface area contributed by atoms with Gasteiger partial charge < -0.3 is 0 Å². The van der Waals surface area contributed by atoms with Crippen molar-refractivity contribution in [2.75, 3.05) is 0 Å². The van der Waals surface area contributed by atoms with Crippen molar-refractivity contribution in [3.63, 3.8) is 0 Å². The molecule has 0 aliphatic rings. The van der Waals surface area contributed by atoms with Gasteiger partial charge in [-0.1, -0.05) is 30.0 Å². The first-order valence-corrected chi connectivity index (χ1v) is 4.82. The molecule has 1 aromatic carbocycles. The van der Waals surface area contributed by atoms with Gasteiger partial charge in [-0.3, -0.25) is 4.98 Å². The van der Waals surface area contributed by atoms with Crippen LogP contribution in [-0.4, -0.2) is 4.98 Å². The lowest BCUT2D eigenvalue weighted by Gasteiger charge is -1.98. The molecule has 0 aliphatic heterocycles. The summed E-state index contributed by atoms with van der Waals surface area (Å²) in [4.78, 5) is 6.20. The van der Waals surface area contributed by atoms with E-state index in [2.05, 4.69) is 23.3 Å². The van der Waals surface area contributed by atoms with Crippen LogP contribution < -0.4 is 0 Å². The highest BCUT2D eigenvalue weighted by atomic mass is 32.2. The van der Waals surface area contributed by atoms with Gasteiger partial charge in [0.2, 0.25) is 0 Å². The summed E-state index contributed by atoms with van der Waals surface area (Å²) in [5.74, 6) is 0. The van der Waals surface area contributed by atoms with Gasteiger partial charge in [0.1, 0.15) is 6.20 Å². The molecule has 0 saturated heterocycles. The predicted molar refractivity (Wildman–Crippen MR) is 53.6 cm³/mol. The summed E-state index contributed by atoms with van der Waals surface area (Å²) in [6.45, 7) is 0. The second-order valence-electron chi connectivity index (χ2n) is 2.53. The molecule has 0 N–H and O–H groups in total. The van der Waals surface area contributed by atoms with Gasteiger partial charge in [-0.15, -0.1) is 0 Å². The minimum atomic E-state index is 1.05. The van der Waals surface area contributed by atoms with Crippen LogP contribution in [-0.2, 0) is 0 Å². The number of nitrogens with zero attached hydrogens (tertiary/aromatic N) is 1. The van der Waals surface area contributed by atoms with Gasteiger partial charge in [0, 0.05) is 16.0 Å². The normalized spacial score (nSPS) is 9.85. The van der Waals surface area contributed by atoms with Crippen LogP contribution in [0.4, 0.5) is 0 Å². The fourth-order valence-corrected chi connectivity index (χ4v) is 1.78. The molecule has 0 unspecified atom stereocenters. The Morgan fingerprint density at radius 3 is 2.54 bits per heavy atom. The van der Waals surface area contributed by atoms with Gasteiger partial charge in [0.15, 0.2) is 0 Å². The van der Waals surface area contributed by atoms with E-state index >= 15 is 0 Å². The molecule has 1 aromatic heterocycles. The zero-order valence-corrected chi connectivity index (χ0v) is 7.79. The topological polar surface area (TPSA) is 12.9 Å². The molecule has 63 valence electrons. The fraction of sp³-hybridized carbons (Fsp3) is 0. The first-order valence-electron chi connectivity index (χ1n) is 4.01. The molecule has 13 heavy (non-hydrogen) atoms. The SMILES string of the molecule is [c]1ncccc1Sc1ccccc1. The number of hydrogen-bond donors (Lipinski definition) is 0. The second kappa shape index (κ2) is 4.10. The molecule has 0 saturated carbocycles. The molecule has 2 heteroatoms. The Bertz CT molecular complexity index is 321. The van der Waals surface area contributed by atoms with Gasteiger partial charge in [0.25, 0.3) is 0 Å². The fourth-order valence-electron chi connectivity index (χ4n) is 0.984. The molecule has 1 nitrogen and oxygen atoms in total. The van der Waals surface area contributed by atoms with E-state index in [0.29, 0.717) is 0 Å². The van der Waals surface area contributed by atoms with Gasteiger partial charge in [-0.25, -0.2) is 0 Å². The minimum absolute atomic E-state index is 1.05. The maximum Gasteiger partial charge on any atom is 0.104 e. The monoisotopic (exact) mass is 186 g/mol. The first-order chi connectivity index (χ1) is 6.45. The molecule has 0 fully saturated rings. The van der Waals surface area contributed by atoms with Crippen molar-refractivity contribution in [3.05, 3.63) is 54.9 Å². The Balaban J connectivity index is 2.16. The lowest BCUT2D eigenvalue weighted by atomic mass is 10.4. The number of aromatic nitrogens is 1. The summed E-state index contributed by atoms with van der Waals surface area (Å²) in [7, 11) is 0. The van der Waals surface area contributed by atoms with Crippen LogP contribution in [0.1, 0.15) is 0 Å². The van der Waals surface area contributed by atoms with Crippen LogP contribution in [0, 0.1) is 6.20 Å². The molecule has 1 radical (unpaired) electrons. The lowest BCUT2D eigenvalue weighted by Crippen LogP contribution is -1.74. The largest absolute Gasteiger partial charge is 0.253 e. The molecule has 2 aromatic rings. The average Bonchev–Trinajstić information content (AvgIpc) is 2.21. The van der Waals surface area contributed by atoms with E-state index in [-0.39, 0.29) is 0 Å². The summed E-state index contributed by atoms with van der Waals surface area (Å²) in [6.07, 6.45) is 4.66. The van der Waals surface area contributed by atoms with Crippen molar-refractivity contribution in [3.8, 4) is 0 Å².